The number of aromatic nitrogens is 4. The number of halogens is 1. The highest BCUT2D eigenvalue weighted by atomic mass is 19.1. The molecule has 0 saturated heterocycles. The number of carbonyl (C=O) groups excluding carboxylic acids is 2. The zero-order valence-corrected chi connectivity index (χ0v) is 13.5. The molecule has 0 bridgehead atoms. The largest absolute Gasteiger partial charge is 0.450 e. The molecule has 1 N–H and O–H groups in total. The van der Waals surface area contributed by atoms with E-state index in [9.17, 15) is 14.0 Å². The van der Waals surface area contributed by atoms with E-state index in [4.69, 9.17) is 4.74 Å². The molecule has 0 saturated carbocycles. The summed E-state index contributed by atoms with van der Waals surface area (Å²) in [6.07, 6.45) is 1.54. The number of aryl methyl sites for hydroxylation is 2. The van der Waals surface area contributed by atoms with E-state index in [1.54, 1.807) is 26.0 Å². The Hall–Kier alpha value is -3.36. The third-order valence-electron chi connectivity index (χ3n) is 3.35. The lowest BCUT2D eigenvalue weighted by Crippen LogP contribution is -2.22. The van der Waals surface area contributed by atoms with Crippen molar-refractivity contribution in [3.05, 3.63) is 53.4 Å². The molecule has 0 aliphatic heterocycles. The van der Waals surface area contributed by atoms with E-state index in [0.717, 1.165) is 11.3 Å². The summed E-state index contributed by atoms with van der Waals surface area (Å²) in [5.74, 6) is -2.07. The van der Waals surface area contributed by atoms with Gasteiger partial charge in [0.1, 0.15) is 5.82 Å². The molecule has 1 amide bonds. The van der Waals surface area contributed by atoms with Gasteiger partial charge in [-0.1, -0.05) is 6.07 Å². The molecule has 25 heavy (non-hydrogen) atoms. The van der Waals surface area contributed by atoms with E-state index in [0.29, 0.717) is 0 Å². The third-order valence-corrected chi connectivity index (χ3v) is 3.35. The zero-order chi connectivity index (χ0) is 18.0. The van der Waals surface area contributed by atoms with Gasteiger partial charge in [-0.3, -0.25) is 4.79 Å². The van der Waals surface area contributed by atoms with Crippen molar-refractivity contribution in [1.29, 1.82) is 0 Å². The summed E-state index contributed by atoms with van der Waals surface area (Å²) in [6, 6.07) is 6.08. The van der Waals surface area contributed by atoms with Crippen molar-refractivity contribution in [3.8, 4) is 0 Å². The van der Waals surface area contributed by atoms with Crippen LogP contribution in [0.5, 0.6) is 0 Å². The molecule has 2 heterocycles. The predicted octanol–water partition coefficient (Wildman–Crippen LogP) is 1.68. The number of nitrogens with one attached hydrogen (secondary N) is 1. The first-order valence-corrected chi connectivity index (χ1v) is 7.35. The summed E-state index contributed by atoms with van der Waals surface area (Å²) in [7, 11) is 0. The van der Waals surface area contributed by atoms with Crippen molar-refractivity contribution >= 4 is 23.3 Å². The van der Waals surface area contributed by atoms with Gasteiger partial charge in [-0.05, 0) is 37.6 Å². The molecule has 0 fully saturated rings. The minimum absolute atomic E-state index is 0.0114. The lowest BCUT2D eigenvalue weighted by molar-refractivity contribution is -0.119. The summed E-state index contributed by atoms with van der Waals surface area (Å²) in [6.45, 7) is 2.92. The van der Waals surface area contributed by atoms with Crippen LogP contribution in [0.2, 0.25) is 0 Å². The van der Waals surface area contributed by atoms with Crippen LogP contribution in [0.1, 0.15) is 21.9 Å². The standard InChI is InChI=1S/C16H14FN5O3/c1-9-3-4-12(11(17)7-9)19-13(23)8-25-15(24)14-20-16-18-6-5-10(2)22(16)21-14/h3-7H,8H2,1-2H3,(H,19,23). The first kappa shape index (κ1) is 16.5. The predicted molar refractivity (Wildman–Crippen MR) is 85.6 cm³/mol. The first-order chi connectivity index (χ1) is 11.9. The highest BCUT2D eigenvalue weighted by Gasteiger charge is 2.17. The maximum atomic E-state index is 13.7. The number of nitrogens with zero attached hydrogens (tertiary/aromatic N) is 4. The average molecular weight is 343 g/mol. The number of fused-ring (bicyclic) bond motifs is 1. The van der Waals surface area contributed by atoms with Gasteiger partial charge in [0.2, 0.25) is 0 Å². The van der Waals surface area contributed by atoms with E-state index in [1.165, 1.54) is 22.8 Å². The zero-order valence-electron chi connectivity index (χ0n) is 13.5. The molecule has 0 unspecified atom stereocenters. The smallest absolute Gasteiger partial charge is 0.378 e. The SMILES string of the molecule is Cc1ccc(NC(=O)COC(=O)c2nc3nccc(C)n3n2)c(F)c1. The van der Waals surface area contributed by atoms with Gasteiger partial charge in [-0.25, -0.2) is 18.7 Å². The lowest BCUT2D eigenvalue weighted by atomic mass is 10.2. The number of carbonyl (C=O) groups is 2. The summed E-state index contributed by atoms with van der Waals surface area (Å²) in [4.78, 5) is 31.7. The van der Waals surface area contributed by atoms with Crippen molar-refractivity contribution < 1.29 is 18.7 Å². The minimum Gasteiger partial charge on any atom is -0.450 e. The molecule has 0 aliphatic carbocycles. The Morgan fingerprint density at radius 2 is 2.08 bits per heavy atom. The molecule has 3 rings (SSSR count). The Balaban J connectivity index is 1.63. The highest BCUT2D eigenvalue weighted by molar-refractivity contribution is 5.94. The Bertz CT molecular complexity index is 970. The molecule has 0 aliphatic rings. The van der Waals surface area contributed by atoms with Crippen LogP contribution in [-0.4, -0.2) is 38.1 Å². The minimum atomic E-state index is -0.871. The van der Waals surface area contributed by atoms with Crippen LogP contribution >= 0.6 is 0 Å². The van der Waals surface area contributed by atoms with Gasteiger partial charge in [0.15, 0.2) is 6.61 Å². The molecule has 128 valence electrons. The fourth-order valence-corrected chi connectivity index (χ4v) is 2.10. The van der Waals surface area contributed by atoms with Crippen LogP contribution in [0, 0.1) is 19.7 Å². The number of ether oxygens (including phenoxy) is 1. The van der Waals surface area contributed by atoms with Crippen molar-refractivity contribution in [2.75, 3.05) is 11.9 Å². The lowest BCUT2D eigenvalue weighted by Gasteiger charge is -2.07. The number of amides is 1. The average Bonchev–Trinajstić information content (AvgIpc) is 3.01. The van der Waals surface area contributed by atoms with E-state index >= 15 is 0 Å². The molecule has 2 aromatic heterocycles. The van der Waals surface area contributed by atoms with Crippen LogP contribution in [-0.2, 0) is 9.53 Å². The monoisotopic (exact) mass is 343 g/mol. The molecular formula is C16H14FN5O3. The number of hydrogen-bond donors (Lipinski definition) is 1. The topological polar surface area (TPSA) is 98.5 Å². The molecule has 1 aromatic carbocycles. The van der Waals surface area contributed by atoms with Gasteiger partial charge in [-0.15, -0.1) is 5.10 Å². The summed E-state index contributed by atoms with van der Waals surface area (Å²) >= 11 is 0. The van der Waals surface area contributed by atoms with Gasteiger partial charge in [-0.2, -0.15) is 4.98 Å². The molecule has 8 nitrogen and oxygen atoms in total. The summed E-state index contributed by atoms with van der Waals surface area (Å²) < 4.78 is 19.9. The van der Waals surface area contributed by atoms with Crippen molar-refractivity contribution in [1.82, 2.24) is 19.6 Å². The number of rotatable bonds is 4. The van der Waals surface area contributed by atoms with Crippen LogP contribution in [0.4, 0.5) is 10.1 Å². The van der Waals surface area contributed by atoms with Crippen LogP contribution < -0.4 is 5.32 Å². The number of esters is 1. The van der Waals surface area contributed by atoms with Crippen molar-refractivity contribution in [2.45, 2.75) is 13.8 Å². The second-order valence-corrected chi connectivity index (χ2v) is 5.34. The van der Waals surface area contributed by atoms with E-state index in [1.807, 2.05) is 0 Å². The molecule has 9 heteroatoms. The number of benzene rings is 1. The Kier molecular flexibility index (Phi) is 4.38. The van der Waals surface area contributed by atoms with Gasteiger partial charge in [0.25, 0.3) is 17.5 Å². The highest BCUT2D eigenvalue weighted by Crippen LogP contribution is 2.15. The van der Waals surface area contributed by atoms with Crippen LogP contribution in [0.15, 0.2) is 30.5 Å². The van der Waals surface area contributed by atoms with Crippen molar-refractivity contribution in [3.63, 3.8) is 0 Å². The number of anilines is 1. The molecule has 0 spiro atoms. The van der Waals surface area contributed by atoms with Gasteiger partial charge in [0.05, 0.1) is 5.69 Å². The molecule has 0 atom stereocenters. The van der Waals surface area contributed by atoms with Crippen LogP contribution in [0.25, 0.3) is 5.78 Å². The second kappa shape index (κ2) is 6.63. The van der Waals surface area contributed by atoms with Crippen molar-refractivity contribution in [2.24, 2.45) is 0 Å². The van der Waals surface area contributed by atoms with Crippen LogP contribution in [0.3, 0.4) is 0 Å². The second-order valence-electron chi connectivity index (χ2n) is 5.34. The molecular weight excluding hydrogens is 329 g/mol. The van der Waals surface area contributed by atoms with Gasteiger partial charge in [0, 0.05) is 11.9 Å². The van der Waals surface area contributed by atoms with E-state index in [-0.39, 0.29) is 17.3 Å². The molecule has 3 aromatic rings. The Morgan fingerprint density at radius 1 is 1.28 bits per heavy atom. The molecule has 0 radical (unpaired) electrons. The first-order valence-electron chi connectivity index (χ1n) is 7.35. The maximum Gasteiger partial charge on any atom is 0.378 e. The fraction of sp³-hybridized carbons (Fsp3) is 0.188. The Morgan fingerprint density at radius 3 is 2.80 bits per heavy atom. The normalized spacial score (nSPS) is 10.7. The third kappa shape index (κ3) is 3.60. The van der Waals surface area contributed by atoms with E-state index in [2.05, 4.69) is 20.4 Å². The summed E-state index contributed by atoms with van der Waals surface area (Å²) in [5, 5.41) is 6.31. The van der Waals surface area contributed by atoms with E-state index < -0.39 is 24.3 Å². The fourth-order valence-electron chi connectivity index (χ4n) is 2.10. The maximum absolute atomic E-state index is 13.7. The van der Waals surface area contributed by atoms with Gasteiger partial charge < -0.3 is 10.1 Å². The number of hydrogen-bond acceptors (Lipinski definition) is 6. The quantitative estimate of drug-likeness (QED) is 0.724. The summed E-state index contributed by atoms with van der Waals surface area (Å²) in [5.41, 5.74) is 1.48. The Labute approximate surface area is 141 Å². The van der Waals surface area contributed by atoms with Gasteiger partial charge >= 0.3 is 5.97 Å².